The molecule has 0 saturated heterocycles. The number of benzene rings is 1. The first kappa shape index (κ1) is 12.8. The molecule has 0 unspecified atom stereocenters. The zero-order valence-corrected chi connectivity index (χ0v) is 12.8. The third kappa shape index (κ3) is 1.94. The molecule has 1 aromatic carbocycles. The van der Waals surface area contributed by atoms with Crippen LogP contribution in [0.1, 0.15) is 41.6 Å². The van der Waals surface area contributed by atoms with E-state index in [1.165, 1.54) is 11.1 Å². The summed E-state index contributed by atoms with van der Waals surface area (Å²) in [5.41, 5.74) is 5.74. The van der Waals surface area contributed by atoms with E-state index in [4.69, 9.17) is 20.8 Å². The summed E-state index contributed by atoms with van der Waals surface area (Å²) in [6, 6.07) is 8.07. The molecule has 4 rings (SSSR count). The molecule has 3 heteroatoms. The molecule has 2 heterocycles. The van der Waals surface area contributed by atoms with Gasteiger partial charge in [-0.2, -0.15) is 0 Å². The molecular weight excluding hydrogens is 284 g/mol. The molecule has 21 heavy (non-hydrogen) atoms. The van der Waals surface area contributed by atoms with Crippen molar-refractivity contribution in [2.75, 3.05) is 0 Å². The molecule has 0 bridgehead atoms. The summed E-state index contributed by atoms with van der Waals surface area (Å²) >= 11 is 6.11. The summed E-state index contributed by atoms with van der Waals surface area (Å²) < 4.78 is 12.0. The van der Waals surface area contributed by atoms with Crippen molar-refractivity contribution in [1.29, 1.82) is 0 Å². The Bertz CT molecular complexity index is 809. The van der Waals surface area contributed by atoms with Crippen LogP contribution in [0.5, 0.6) is 0 Å². The Morgan fingerprint density at radius 1 is 1.10 bits per heavy atom. The number of ether oxygens (including phenoxy) is 1. The molecule has 0 radical (unpaired) electrons. The Morgan fingerprint density at radius 2 is 1.95 bits per heavy atom. The van der Waals surface area contributed by atoms with Crippen molar-refractivity contribution < 1.29 is 9.15 Å². The van der Waals surface area contributed by atoms with Crippen LogP contribution in [-0.4, -0.2) is 0 Å². The van der Waals surface area contributed by atoms with Gasteiger partial charge in [0.2, 0.25) is 0 Å². The monoisotopic (exact) mass is 298 g/mol. The molecule has 2 nitrogen and oxygen atoms in total. The Balaban J connectivity index is 2.01. The fourth-order valence-corrected chi connectivity index (χ4v) is 3.27. The van der Waals surface area contributed by atoms with E-state index < -0.39 is 0 Å². The molecule has 2 aliphatic rings. The van der Waals surface area contributed by atoms with Gasteiger partial charge in [-0.25, -0.2) is 0 Å². The molecule has 0 spiro atoms. The SMILES string of the molecule is CC1=CCC2=C(c3ccc(Cl)cc3CO2)c2oc(C)cc21. The van der Waals surface area contributed by atoms with E-state index in [0.29, 0.717) is 6.61 Å². The number of furan rings is 1. The van der Waals surface area contributed by atoms with Gasteiger partial charge in [0.25, 0.3) is 0 Å². The predicted octanol–water partition coefficient (Wildman–Crippen LogP) is 5.34. The lowest BCUT2D eigenvalue weighted by molar-refractivity contribution is 0.190. The van der Waals surface area contributed by atoms with Gasteiger partial charge in [-0.15, -0.1) is 0 Å². The summed E-state index contributed by atoms with van der Waals surface area (Å²) in [4.78, 5) is 0. The average Bonchev–Trinajstić information content (AvgIpc) is 2.80. The first-order valence-electron chi connectivity index (χ1n) is 7.06. The highest BCUT2D eigenvalue weighted by atomic mass is 35.5. The third-order valence-electron chi connectivity index (χ3n) is 4.12. The number of halogens is 1. The second-order valence-corrected chi connectivity index (χ2v) is 6.02. The van der Waals surface area contributed by atoms with E-state index >= 15 is 0 Å². The van der Waals surface area contributed by atoms with Crippen LogP contribution in [0.2, 0.25) is 5.02 Å². The highest BCUT2D eigenvalue weighted by Gasteiger charge is 2.28. The molecule has 0 N–H and O–H groups in total. The topological polar surface area (TPSA) is 22.4 Å². The largest absolute Gasteiger partial charge is 0.492 e. The highest BCUT2D eigenvalue weighted by molar-refractivity contribution is 6.30. The average molecular weight is 299 g/mol. The van der Waals surface area contributed by atoms with Crippen molar-refractivity contribution in [3.05, 3.63) is 69.3 Å². The van der Waals surface area contributed by atoms with Crippen molar-refractivity contribution in [2.24, 2.45) is 0 Å². The standard InChI is InChI=1S/C18H15ClO2/c1-10-3-6-16-17(18-15(10)7-11(2)21-18)14-5-4-13(19)8-12(14)9-20-16/h3-5,7-8H,6,9H2,1-2H3. The molecule has 0 amide bonds. The Labute approximate surface area is 128 Å². The van der Waals surface area contributed by atoms with Crippen molar-refractivity contribution in [3.63, 3.8) is 0 Å². The van der Waals surface area contributed by atoms with E-state index in [9.17, 15) is 0 Å². The molecule has 0 fully saturated rings. The first-order chi connectivity index (χ1) is 10.1. The van der Waals surface area contributed by atoms with Gasteiger partial charge in [0.05, 0.1) is 5.57 Å². The fraction of sp³-hybridized carbons (Fsp3) is 0.222. The Kier molecular flexibility index (Phi) is 2.76. The molecule has 1 aliphatic carbocycles. The van der Waals surface area contributed by atoms with Crippen LogP contribution in [0.15, 0.2) is 40.5 Å². The Hall–Kier alpha value is -1.93. The quantitative estimate of drug-likeness (QED) is 0.655. The van der Waals surface area contributed by atoms with Gasteiger partial charge in [0.15, 0.2) is 0 Å². The van der Waals surface area contributed by atoms with Gasteiger partial charge in [-0.3, -0.25) is 0 Å². The van der Waals surface area contributed by atoms with Crippen LogP contribution in [0, 0.1) is 6.92 Å². The second-order valence-electron chi connectivity index (χ2n) is 5.58. The smallest absolute Gasteiger partial charge is 0.145 e. The molecular formula is C18H15ClO2. The summed E-state index contributed by atoms with van der Waals surface area (Å²) in [7, 11) is 0. The van der Waals surface area contributed by atoms with Crippen LogP contribution in [0.25, 0.3) is 11.1 Å². The minimum atomic E-state index is 0.566. The van der Waals surface area contributed by atoms with Gasteiger partial charge in [-0.1, -0.05) is 23.7 Å². The molecule has 0 atom stereocenters. The van der Waals surface area contributed by atoms with Gasteiger partial charge >= 0.3 is 0 Å². The predicted molar refractivity (Wildman–Crippen MR) is 84.0 cm³/mol. The van der Waals surface area contributed by atoms with E-state index in [1.807, 2.05) is 19.1 Å². The normalized spacial score (nSPS) is 16.4. The zero-order valence-electron chi connectivity index (χ0n) is 12.0. The van der Waals surface area contributed by atoms with Crippen molar-refractivity contribution >= 4 is 22.7 Å². The van der Waals surface area contributed by atoms with Gasteiger partial charge in [0.1, 0.15) is 23.9 Å². The maximum atomic E-state index is 6.11. The highest BCUT2D eigenvalue weighted by Crippen LogP contribution is 2.43. The van der Waals surface area contributed by atoms with Crippen LogP contribution >= 0.6 is 11.6 Å². The number of rotatable bonds is 0. The molecule has 106 valence electrons. The number of hydrogen-bond acceptors (Lipinski definition) is 2. The van der Waals surface area contributed by atoms with E-state index in [-0.39, 0.29) is 0 Å². The van der Waals surface area contributed by atoms with Gasteiger partial charge in [-0.05, 0) is 48.7 Å². The maximum absolute atomic E-state index is 6.11. The number of aryl methyl sites for hydroxylation is 1. The van der Waals surface area contributed by atoms with Crippen LogP contribution in [0.3, 0.4) is 0 Å². The van der Waals surface area contributed by atoms with Gasteiger partial charge < -0.3 is 9.15 Å². The van der Waals surface area contributed by atoms with E-state index in [2.05, 4.69) is 25.1 Å². The lowest BCUT2D eigenvalue weighted by atomic mass is 9.93. The van der Waals surface area contributed by atoms with E-state index in [0.717, 1.165) is 45.4 Å². The fourth-order valence-electron chi connectivity index (χ4n) is 3.07. The van der Waals surface area contributed by atoms with Crippen molar-refractivity contribution in [3.8, 4) is 0 Å². The molecule has 2 aromatic rings. The van der Waals surface area contributed by atoms with Crippen LogP contribution in [0.4, 0.5) is 0 Å². The first-order valence-corrected chi connectivity index (χ1v) is 7.44. The number of fused-ring (bicyclic) bond motifs is 4. The summed E-state index contributed by atoms with van der Waals surface area (Å²) in [5, 5.41) is 0.736. The lowest BCUT2D eigenvalue weighted by Gasteiger charge is -2.22. The number of allylic oxidation sites excluding steroid dienone is 2. The third-order valence-corrected chi connectivity index (χ3v) is 4.35. The minimum Gasteiger partial charge on any atom is -0.492 e. The molecule has 1 aliphatic heterocycles. The zero-order chi connectivity index (χ0) is 14.6. The molecule has 0 saturated carbocycles. The molecule has 1 aromatic heterocycles. The van der Waals surface area contributed by atoms with E-state index in [1.54, 1.807) is 0 Å². The number of hydrogen-bond donors (Lipinski definition) is 0. The summed E-state index contributed by atoms with van der Waals surface area (Å²) in [6.45, 7) is 4.67. The Morgan fingerprint density at radius 3 is 2.81 bits per heavy atom. The summed E-state index contributed by atoms with van der Waals surface area (Å²) in [6.07, 6.45) is 3.00. The second kappa shape index (κ2) is 4.54. The van der Waals surface area contributed by atoms with Crippen molar-refractivity contribution in [1.82, 2.24) is 0 Å². The summed E-state index contributed by atoms with van der Waals surface area (Å²) in [5.74, 6) is 2.82. The van der Waals surface area contributed by atoms with Crippen LogP contribution < -0.4 is 0 Å². The minimum absolute atomic E-state index is 0.566. The van der Waals surface area contributed by atoms with Gasteiger partial charge in [0, 0.05) is 17.0 Å². The van der Waals surface area contributed by atoms with Crippen LogP contribution in [-0.2, 0) is 11.3 Å². The van der Waals surface area contributed by atoms with Crippen molar-refractivity contribution in [2.45, 2.75) is 26.9 Å². The lowest BCUT2D eigenvalue weighted by Crippen LogP contribution is -2.08. The maximum Gasteiger partial charge on any atom is 0.145 e.